The van der Waals surface area contributed by atoms with Gasteiger partial charge in [0, 0.05) is 20.2 Å². The molecule has 1 saturated carbocycles. The molecule has 18 heavy (non-hydrogen) atoms. The number of rotatable bonds is 5. The maximum absolute atomic E-state index is 12.3. The molecule has 0 aromatic carbocycles. The van der Waals surface area contributed by atoms with E-state index in [1.807, 2.05) is 0 Å². The summed E-state index contributed by atoms with van der Waals surface area (Å²) in [5.41, 5.74) is 0. The van der Waals surface area contributed by atoms with Crippen LogP contribution in [0.25, 0.3) is 0 Å². The van der Waals surface area contributed by atoms with Crippen molar-refractivity contribution in [3.8, 4) is 0 Å². The van der Waals surface area contributed by atoms with Crippen molar-refractivity contribution in [3.63, 3.8) is 0 Å². The van der Waals surface area contributed by atoms with E-state index in [-0.39, 0.29) is 11.4 Å². The van der Waals surface area contributed by atoms with E-state index < -0.39 is 10.0 Å². The number of hydrogen-bond donors (Lipinski definition) is 0. The summed E-state index contributed by atoms with van der Waals surface area (Å²) in [6.45, 7) is 1.44. The van der Waals surface area contributed by atoms with E-state index in [9.17, 15) is 8.42 Å². The van der Waals surface area contributed by atoms with Gasteiger partial charge in [0.2, 0.25) is 10.0 Å². The first-order chi connectivity index (χ1) is 8.60. The monoisotopic (exact) mass is 275 g/mol. The topological polar surface area (TPSA) is 46.6 Å². The van der Waals surface area contributed by atoms with E-state index >= 15 is 0 Å². The fourth-order valence-electron chi connectivity index (χ4n) is 2.93. The minimum Gasteiger partial charge on any atom is -0.378 e. The third kappa shape index (κ3) is 3.45. The third-order valence-corrected chi connectivity index (χ3v) is 6.56. The predicted octanol–water partition coefficient (Wildman–Crippen LogP) is 2.15. The van der Waals surface area contributed by atoms with Crippen LogP contribution in [0.4, 0.5) is 0 Å². The van der Waals surface area contributed by atoms with Gasteiger partial charge in [0.05, 0.1) is 11.4 Å². The molecule has 2 fully saturated rings. The van der Waals surface area contributed by atoms with Crippen LogP contribution in [0.1, 0.15) is 51.4 Å². The van der Waals surface area contributed by atoms with Gasteiger partial charge >= 0.3 is 0 Å². The maximum Gasteiger partial charge on any atom is 0.216 e. The number of sulfonamides is 1. The molecule has 0 aromatic heterocycles. The van der Waals surface area contributed by atoms with Gasteiger partial charge in [-0.1, -0.05) is 12.8 Å². The van der Waals surface area contributed by atoms with Crippen LogP contribution in [0.3, 0.4) is 0 Å². The molecular weight excluding hydrogens is 250 g/mol. The molecule has 1 heterocycles. The lowest BCUT2D eigenvalue weighted by Gasteiger charge is -2.26. The summed E-state index contributed by atoms with van der Waals surface area (Å²) >= 11 is 0. The molecule has 4 nitrogen and oxygen atoms in total. The van der Waals surface area contributed by atoms with Crippen LogP contribution in [0.15, 0.2) is 0 Å². The van der Waals surface area contributed by atoms with Crippen molar-refractivity contribution in [2.75, 3.05) is 20.2 Å². The van der Waals surface area contributed by atoms with E-state index in [0.717, 1.165) is 51.6 Å². The predicted molar refractivity (Wildman–Crippen MR) is 72.0 cm³/mol. The number of hydrogen-bond acceptors (Lipinski definition) is 3. The Bertz CT molecular complexity index is 343. The van der Waals surface area contributed by atoms with E-state index in [4.69, 9.17) is 4.74 Å². The first kappa shape index (κ1) is 14.3. The van der Waals surface area contributed by atoms with Crippen molar-refractivity contribution in [3.05, 3.63) is 0 Å². The van der Waals surface area contributed by atoms with Crippen LogP contribution in [0.5, 0.6) is 0 Å². The summed E-state index contributed by atoms with van der Waals surface area (Å²) in [7, 11) is -1.34. The summed E-state index contributed by atoms with van der Waals surface area (Å²) < 4.78 is 31.8. The first-order valence-corrected chi connectivity index (χ1v) is 8.68. The van der Waals surface area contributed by atoms with Crippen molar-refractivity contribution < 1.29 is 13.2 Å². The molecule has 0 aromatic rings. The Labute approximate surface area is 111 Å². The molecule has 1 aliphatic heterocycles. The van der Waals surface area contributed by atoms with Crippen LogP contribution in [0, 0.1) is 0 Å². The normalized spacial score (nSPS) is 26.9. The molecule has 0 radical (unpaired) electrons. The fraction of sp³-hybridized carbons (Fsp3) is 1.00. The third-order valence-electron chi connectivity index (χ3n) is 4.20. The van der Waals surface area contributed by atoms with Crippen LogP contribution >= 0.6 is 0 Å². The largest absolute Gasteiger partial charge is 0.378 e. The first-order valence-electron chi connectivity index (χ1n) is 7.17. The van der Waals surface area contributed by atoms with Gasteiger partial charge in [-0.25, -0.2) is 12.7 Å². The van der Waals surface area contributed by atoms with Crippen molar-refractivity contribution in [1.29, 1.82) is 0 Å². The van der Waals surface area contributed by atoms with E-state index in [1.54, 1.807) is 11.4 Å². The highest BCUT2D eigenvalue weighted by atomic mass is 32.2. The van der Waals surface area contributed by atoms with Crippen LogP contribution in [-0.4, -0.2) is 44.3 Å². The lowest BCUT2D eigenvalue weighted by Crippen LogP contribution is -2.37. The second-order valence-corrected chi connectivity index (χ2v) is 7.87. The van der Waals surface area contributed by atoms with Gasteiger partial charge in [-0.3, -0.25) is 0 Å². The summed E-state index contributed by atoms with van der Waals surface area (Å²) in [4.78, 5) is 0. The van der Waals surface area contributed by atoms with Crippen LogP contribution in [0.2, 0.25) is 0 Å². The Morgan fingerprint density at radius 1 is 1.11 bits per heavy atom. The minimum atomic E-state index is -3.06. The van der Waals surface area contributed by atoms with Crippen molar-refractivity contribution >= 4 is 10.0 Å². The highest BCUT2D eigenvalue weighted by Gasteiger charge is 2.32. The van der Waals surface area contributed by atoms with Crippen LogP contribution < -0.4 is 0 Å². The van der Waals surface area contributed by atoms with Crippen LogP contribution in [-0.2, 0) is 14.8 Å². The SMILES string of the molecule is CN(CCC1CCCCO1)S(=O)(=O)C1CCCC1. The standard InChI is InChI=1S/C13H25NO3S/c1-14(10-9-12-6-4-5-11-17-12)18(15,16)13-7-2-3-8-13/h12-13H,2-11H2,1H3. The summed E-state index contributed by atoms with van der Waals surface area (Å²) in [5.74, 6) is 0. The Kier molecular flexibility index (Phi) is 5.04. The second-order valence-electron chi connectivity index (χ2n) is 5.55. The lowest BCUT2D eigenvalue weighted by molar-refractivity contribution is 0.00948. The van der Waals surface area contributed by atoms with Crippen molar-refractivity contribution in [2.45, 2.75) is 62.7 Å². The van der Waals surface area contributed by atoms with Gasteiger partial charge in [0.1, 0.15) is 0 Å². The molecule has 1 saturated heterocycles. The Morgan fingerprint density at radius 2 is 1.78 bits per heavy atom. The van der Waals surface area contributed by atoms with Crippen molar-refractivity contribution in [2.24, 2.45) is 0 Å². The summed E-state index contributed by atoms with van der Waals surface area (Å²) in [6, 6.07) is 0. The highest BCUT2D eigenvalue weighted by molar-refractivity contribution is 7.89. The van der Waals surface area contributed by atoms with Crippen molar-refractivity contribution in [1.82, 2.24) is 4.31 Å². The quantitative estimate of drug-likeness (QED) is 0.772. The molecular formula is C13H25NO3S. The number of ether oxygens (including phenoxy) is 1. The van der Waals surface area contributed by atoms with Gasteiger partial charge in [-0.05, 0) is 38.5 Å². The van der Waals surface area contributed by atoms with E-state index in [1.165, 1.54) is 6.42 Å². The highest BCUT2D eigenvalue weighted by Crippen LogP contribution is 2.27. The molecule has 1 atom stereocenters. The summed E-state index contributed by atoms with van der Waals surface area (Å²) in [5, 5.41) is -0.130. The molecule has 5 heteroatoms. The zero-order valence-corrected chi connectivity index (χ0v) is 12.1. The van der Waals surface area contributed by atoms with Gasteiger partial charge in [-0.15, -0.1) is 0 Å². The zero-order chi connectivity index (χ0) is 13.0. The van der Waals surface area contributed by atoms with E-state index in [0.29, 0.717) is 6.54 Å². The maximum atomic E-state index is 12.3. The molecule has 0 spiro atoms. The summed E-state index contributed by atoms with van der Waals surface area (Å²) in [6.07, 6.45) is 8.34. The average molecular weight is 275 g/mol. The van der Waals surface area contributed by atoms with E-state index in [2.05, 4.69) is 0 Å². The molecule has 1 aliphatic carbocycles. The molecule has 1 unspecified atom stereocenters. The molecule has 0 bridgehead atoms. The number of nitrogens with zero attached hydrogens (tertiary/aromatic N) is 1. The van der Waals surface area contributed by atoms with Gasteiger partial charge < -0.3 is 4.74 Å². The van der Waals surface area contributed by atoms with Gasteiger partial charge in [-0.2, -0.15) is 0 Å². The Balaban J connectivity index is 1.80. The Hall–Kier alpha value is -0.130. The smallest absolute Gasteiger partial charge is 0.216 e. The molecule has 2 rings (SSSR count). The molecule has 106 valence electrons. The lowest BCUT2D eigenvalue weighted by atomic mass is 10.1. The molecule has 0 amide bonds. The minimum absolute atomic E-state index is 0.130. The Morgan fingerprint density at radius 3 is 2.39 bits per heavy atom. The zero-order valence-electron chi connectivity index (χ0n) is 11.3. The molecule has 0 N–H and O–H groups in total. The van der Waals surface area contributed by atoms with Gasteiger partial charge in [0.15, 0.2) is 0 Å². The van der Waals surface area contributed by atoms with Gasteiger partial charge in [0.25, 0.3) is 0 Å². The fourth-order valence-corrected chi connectivity index (χ4v) is 4.73. The average Bonchev–Trinajstić information content (AvgIpc) is 2.91. The molecule has 2 aliphatic rings. The second kappa shape index (κ2) is 6.35.